The Kier molecular flexibility index (Phi) is 4.42. The molecule has 2 N–H and O–H groups in total. The molecule has 0 unspecified atom stereocenters. The van der Waals surface area contributed by atoms with Gasteiger partial charge in [0.2, 0.25) is 0 Å². The fraction of sp³-hybridized carbons (Fsp3) is 0.286. The van der Waals surface area contributed by atoms with Crippen molar-refractivity contribution in [3.63, 3.8) is 0 Å². The molecule has 2 aliphatic rings. The smallest absolute Gasteiger partial charge is 0.273 e. The molecular formula is C14H15Cl2N4S+. The summed E-state index contributed by atoms with van der Waals surface area (Å²) in [5.74, 6) is 1.72. The van der Waals surface area contributed by atoms with E-state index in [9.17, 15) is 0 Å². The van der Waals surface area contributed by atoms with Crippen molar-refractivity contribution in [3.8, 4) is 0 Å². The lowest BCUT2D eigenvalue weighted by Crippen LogP contribution is -2.32. The van der Waals surface area contributed by atoms with Crippen molar-refractivity contribution in [3.05, 3.63) is 34.4 Å². The Balaban J connectivity index is 1.89. The van der Waals surface area contributed by atoms with Gasteiger partial charge in [-0.2, -0.15) is 0 Å². The van der Waals surface area contributed by atoms with E-state index >= 15 is 0 Å². The number of halogens is 2. The maximum absolute atomic E-state index is 6.49. The van der Waals surface area contributed by atoms with E-state index in [0.29, 0.717) is 5.02 Å². The summed E-state index contributed by atoms with van der Waals surface area (Å²) in [6.45, 7) is 1.83. The first-order chi connectivity index (χ1) is 10.1. The Morgan fingerprint density at radius 3 is 2.81 bits per heavy atom. The number of nitrogens with zero attached hydrogens (tertiary/aromatic N) is 2. The van der Waals surface area contributed by atoms with Crippen LogP contribution in [0, 0.1) is 0 Å². The molecule has 21 heavy (non-hydrogen) atoms. The van der Waals surface area contributed by atoms with Gasteiger partial charge >= 0.3 is 5.96 Å². The van der Waals surface area contributed by atoms with Gasteiger partial charge in [0.1, 0.15) is 0 Å². The first-order valence-electron chi connectivity index (χ1n) is 6.59. The van der Waals surface area contributed by atoms with Crippen LogP contribution >= 0.6 is 35.0 Å². The highest BCUT2D eigenvalue weighted by Gasteiger charge is 2.19. The second-order valence-electron chi connectivity index (χ2n) is 4.74. The van der Waals surface area contributed by atoms with Crippen LogP contribution in [0.3, 0.4) is 0 Å². The molecule has 0 radical (unpaired) electrons. The van der Waals surface area contributed by atoms with E-state index in [1.807, 2.05) is 31.5 Å². The number of hydrogen-bond acceptors (Lipinski definition) is 2. The zero-order valence-corrected chi connectivity index (χ0v) is 13.8. The van der Waals surface area contributed by atoms with E-state index in [1.54, 1.807) is 16.4 Å². The van der Waals surface area contributed by atoms with Crippen molar-refractivity contribution in [1.82, 2.24) is 10.6 Å². The Morgan fingerprint density at radius 1 is 1.29 bits per heavy atom. The van der Waals surface area contributed by atoms with Crippen LogP contribution in [-0.2, 0) is 0 Å². The molecule has 0 saturated carbocycles. The molecule has 0 bridgehead atoms. The Hall–Kier alpha value is -1.17. The maximum atomic E-state index is 6.49. The molecule has 0 atom stereocenters. The molecule has 2 heterocycles. The first kappa shape index (κ1) is 14.8. The Morgan fingerprint density at radius 2 is 2.05 bits per heavy atom. The van der Waals surface area contributed by atoms with E-state index in [1.165, 1.54) is 0 Å². The van der Waals surface area contributed by atoms with Gasteiger partial charge in [-0.15, -0.1) is 21.5 Å². The molecule has 0 spiro atoms. The van der Waals surface area contributed by atoms with Gasteiger partial charge in [0.25, 0.3) is 0 Å². The van der Waals surface area contributed by atoms with Crippen LogP contribution in [-0.4, -0.2) is 42.7 Å². The highest BCUT2D eigenvalue weighted by Crippen LogP contribution is 2.39. The monoisotopic (exact) mass is 341 g/mol. The van der Waals surface area contributed by atoms with E-state index in [4.69, 9.17) is 23.2 Å². The number of benzene rings is 1. The van der Waals surface area contributed by atoms with Gasteiger partial charge in [0.15, 0.2) is 0 Å². The molecule has 7 heteroatoms. The zero-order chi connectivity index (χ0) is 14.8. The minimum atomic E-state index is 0.692. The second-order valence-corrected chi connectivity index (χ2v) is 6.57. The SMILES string of the molecule is C[N+](N=CC1=C(Cl)c2cc(Cl)ccc2SC1)=C1NCCN1. The van der Waals surface area contributed by atoms with E-state index in [0.717, 1.165) is 45.9 Å². The molecule has 1 saturated heterocycles. The van der Waals surface area contributed by atoms with Gasteiger partial charge in [-0.3, -0.25) is 10.6 Å². The zero-order valence-electron chi connectivity index (χ0n) is 11.5. The van der Waals surface area contributed by atoms with Crippen LogP contribution in [0.25, 0.3) is 5.03 Å². The second kappa shape index (κ2) is 6.30. The maximum Gasteiger partial charge on any atom is 0.369 e. The highest BCUT2D eigenvalue weighted by atomic mass is 35.5. The van der Waals surface area contributed by atoms with Gasteiger partial charge in [-0.25, -0.2) is 0 Å². The molecule has 2 aliphatic heterocycles. The van der Waals surface area contributed by atoms with E-state index in [2.05, 4.69) is 15.7 Å². The van der Waals surface area contributed by atoms with Crippen LogP contribution in [0.4, 0.5) is 0 Å². The van der Waals surface area contributed by atoms with Gasteiger partial charge < -0.3 is 0 Å². The van der Waals surface area contributed by atoms with E-state index < -0.39 is 0 Å². The van der Waals surface area contributed by atoms with Crippen LogP contribution in [0.1, 0.15) is 5.56 Å². The topological polar surface area (TPSA) is 39.4 Å². The minimum absolute atomic E-state index is 0.692. The Bertz CT molecular complexity index is 659. The third kappa shape index (κ3) is 3.20. The average Bonchev–Trinajstić information content (AvgIpc) is 3.01. The molecule has 3 rings (SSSR count). The fourth-order valence-corrected chi connectivity index (χ4v) is 3.74. The first-order valence-corrected chi connectivity index (χ1v) is 8.33. The standard InChI is InChI=1S/C14H14Cl2N4S/c1-20(14-17-4-5-18-14)19-7-9-8-21-12-3-2-10(15)6-11(12)13(9)16/h2-3,6-7H,4-5,8H2,1H3,(H,17,18)/p+1. The summed E-state index contributed by atoms with van der Waals surface area (Å²) in [5.41, 5.74) is 1.98. The lowest BCUT2D eigenvalue weighted by atomic mass is 10.1. The summed E-state index contributed by atoms with van der Waals surface area (Å²) in [5, 5.41) is 12.3. The highest BCUT2D eigenvalue weighted by molar-refractivity contribution is 7.99. The van der Waals surface area contributed by atoms with Crippen LogP contribution < -0.4 is 10.6 Å². The average molecular weight is 342 g/mol. The van der Waals surface area contributed by atoms with E-state index in [-0.39, 0.29) is 0 Å². The predicted molar refractivity (Wildman–Crippen MR) is 90.6 cm³/mol. The lowest BCUT2D eigenvalue weighted by molar-refractivity contribution is -0.505. The third-order valence-corrected chi connectivity index (χ3v) is 5.07. The van der Waals surface area contributed by atoms with Gasteiger partial charge in [0.05, 0.1) is 31.4 Å². The molecule has 1 aromatic rings. The summed E-state index contributed by atoms with van der Waals surface area (Å²) >= 11 is 14.3. The number of thioether (sulfide) groups is 1. The predicted octanol–water partition coefficient (Wildman–Crippen LogP) is 2.57. The molecule has 0 aromatic heterocycles. The Labute approximate surface area is 137 Å². The minimum Gasteiger partial charge on any atom is -0.273 e. The van der Waals surface area contributed by atoms with Crippen LogP contribution in [0.5, 0.6) is 0 Å². The summed E-state index contributed by atoms with van der Waals surface area (Å²) in [6.07, 6.45) is 1.81. The van der Waals surface area contributed by atoms with Crippen LogP contribution in [0.15, 0.2) is 33.8 Å². The van der Waals surface area contributed by atoms with Crippen molar-refractivity contribution >= 4 is 52.2 Å². The van der Waals surface area contributed by atoms with Crippen molar-refractivity contribution in [2.24, 2.45) is 5.10 Å². The molecule has 1 fully saturated rings. The number of nitrogens with one attached hydrogen (secondary N) is 2. The lowest BCUT2D eigenvalue weighted by Gasteiger charge is -2.17. The molecule has 1 aromatic carbocycles. The van der Waals surface area contributed by atoms with Crippen molar-refractivity contribution in [2.45, 2.75) is 4.90 Å². The molecule has 0 aliphatic carbocycles. The van der Waals surface area contributed by atoms with Gasteiger partial charge in [-0.1, -0.05) is 23.2 Å². The third-order valence-electron chi connectivity index (χ3n) is 3.26. The summed E-state index contributed by atoms with van der Waals surface area (Å²) in [7, 11) is 1.90. The normalized spacial score (nSPS) is 17.8. The van der Waals surface area contributed by atoms with Gasteiger partial charge in [-0.05, 0) is 18.2 Å². The molecule has 4 nitrogen and oxygen atoms in total. The number of hydrazone groups is 1. The molecule has 0 amide bonds. The summed E-state index contributed by atoms with van der Waals surface area (Å²) in [6, 6.07) is 5.79. The summed E-state index contributed by atoms with van der Waals surface area (Å²) < 4.78 is 1.78. The number of guanidine groups is 1. The van der Waals surface area contributed by atoms with Crippen molar-refractivity contribution in [1.29, 1.82) is 0 Å². The number of fused-ring (bicyclic) bond motifs is 1. The van der Waals surface area contributed by atoms with Crippen molar-refractivity contribution < 1.29 is 4.68 Å². The number of hydrogen-bond donors (Lipinski definition) is 2. The largest absolute Gasteiger partial charge is 0.369 e. The number of rotatable bonds is 2. The molecular weight excluding hydrogens is 327 g/mol. The fourth-order valence-electron chi connectivity index (χ4n) is 2.15. The molecule has 110 valence electrons. The quantitative estimate of drug-likeness (QED) is 0.493. The van der Waals surface area contributed by atoms with Crippen molar-refractivity contribution in [2.75, 3.05) is 25.9 Å². The van der Waals surface area contributed by atoms with Crippen LogP contribution in [0.2, 0.25) is 5.02 Å². The van der Waals surface area contributed by atoms with Gasteiger partial charge in [0, 0.05) is 26.8 Å². The summed E-state index contributed by atoms with van der Waals surface area (Å²) in [4.78, 5) is 1.16.